The van der Waals surface area contributed by atoms with Crippen molar-refractivity contribution in [1.29, 1.82) is 0 Å². The molecular weight excluding hydrogens is 381 g/mol. The summed E-state index contributed by atoms with van der Waals surface area (Å²) in [6, 6.07) is 14.4. The zero-order chi connectivity index (χ0) is 21.1. The molecule has 0 radical (unpaired) electrons. The third-order valence-corrected chi connectivity index (χ3v) is 5.35. The second kappa shape index (κ2) is 8.63. The molecule has 0 bridgehead atoms. The van der Waals surface area contributed by atoms with E-state index in [4.69, 9.17) is 4.74 Å². The Bertz CT molecular complexity index is 1060. The normalized spacial score (nSPS) is 13.5. The zero-order valence-corrected chi connectivity index (χ0v) is 17.1. The molecule has 6 heteroatoms. The highest BCUT2D eigenvalue weighted by molar-refractivity contribution is 5.95. The molecule has 1 aliphatic heterocycles. The molecule has 0 amide bonds. The van der Waals surface area contributed by atoms with Crippen molar-refractivity contribution in [3.8, 4) is 16.9 Å². The largest absolute Gasteiger partial charge is 0.496 e. The number of benzene rings is 2. The number of aromatic nitrogens is 1. The Morgan fingerprint density at radius 3 is 2.77 bits per heavy atom. The number of methoxy groups -OCH3 is 1. The van der Waals surface area contributed by atoms with Crippen molar-refractivity contribution in [2.45, 2.75) is 13.3 Å². The monoisotopic (exact) mass is 405 g/mol. The molecule has 0 atom stereocenters. The summed E-state index contributed by atoms with van der Waals surface area (Å²) in [5, 5.41) is 3.28. The minimum absolute atomic E-state index is 0.0632. The highest BCUT2D eigenvalue weighted by atomic mass is 19.1. The van der Waals surface area contributed by atoms with Gasteiger partial charge in [-0.05, 0) is 41.8 Å². The minimum Gasteiger partial charge on any atom is -0.496 e. The second-order valence-corrected chi connectivity index (χ2v) is 7.38. The number of hydrogen-bond acceptors (Lipinski definition) is 5. The van der Waals surface area contributed by atoms with E-state index in [0.717, 1.165) is 31.1 Å². The number of carbonyl (C=O) groups excluding carboxylic acids is 1. The summed E-state index contributed by atoms with van der Waals surface area (Å²) in [4.78, 5) is 18.5. The van der Waals surface area contributed by atoms with Crippen molar-refractivity contribution in [2.24, 2.45) is 0 Å². The smallest absolute Gasteiger partial charge is 0.159 e. The van der Waals surface area contributed by atoms with Crippen LogP contribution >= 0.6 is 0 Å². The van der Waals surface area contributed by atoms with Gasteiger partial charge in [-0.3, -0.25) is 10.1 Å². The summed E-state index contributed by atoms with van der Waals surface area (Å²) >= 11 is 0. The van der Waals surface area contributed by atoms with Crippen LogP contribution in [0.25, 0.3) is 11.1 Å². The van der Waals surface area contributed by atoms with Gasteiger partial charge >= 0.3 is 0 Å². The molecule has 1 aliphatic rings. The van der Waals surface area contributed by atoms with Gasteiger partial charge in [0.25, 0.3) is 0 Å². The Morgan fingerprint density at radius 2 is 2.10 bits per heavy atom. The fourth-order valence-corrected chi connectivity index (χ4v) is 3.70. The average Bonchev–Trinajstić information content (AvgIpc) is 3.30. The van der Waals surface area contributed by atoms with E-state index in [9.17, 15) is 4.79 Å². The Balaban J connectivity index is 1.66. The summed E-state index contributed by atoms with van der Waals surface area (Å²) in [7, 11) is 1.52. The number of anilines is 1. The molecule has 1 N–H and O–H groups in total. The van der Waals surface area contributed by atoms with Crippen LogP contribution in [-0.2, 0) is 6.42 Å². The fourth-order valence-electron chi connectivity index (χ4n) is 3.70. The van der Waals surface area contributed by atoms with Gasteiger partial charge in [0, 0.05) is 31.3 Å². The van der Waals surface area contributed by atoms with Gasteiger partial charge in [-0.25, -0.2) is 9.37 Å². The summed E-state index contributed by atoms with van der Waals surface area (Å²) in [6.07, 6.45) is 2.22. The van der Waals surface area contributed by atoms with E-state index in [1.165, 1.54) is 14.0 Å². The lowest BCUT2D eigenvalue weighted by atomic mass is 9.96. The number of rotatable bonds is 6. The molecule has 1 aromatic heterocycles. The van der Waals surface area contributed by atoms with Crippen molar-refractivity contribution in [1.82, 2.24) is 10.3 Å². The van der Waals surface area contributed by atoms with Gasteiger partial charge in [0.05, 0.1) is 19.3 Å². The maximum atomic E-state index is 15.5. The number of nitrogens with zero attached hydrogens (tertiary/aromatic N) is 2. The molecular formula is C24H24FN3O2. The molecule has 1 fully saturated rings. The highest BCUT2D eigenvalue weighted by Crippen LogP contribution is 2.35. The van der Waals surface area contributed by atoms with Crippen LogP contribution in [0, 0.1) is 5.82 Å². The van der Waals surface area contributed by atoms with Crippen LogP contribution < -0.4 is 15.0 Å². The van der Waals surface area contributed by atoms with E-state index in [1.54, 1.807) is 42.6 Å². The van der Waals surface area contributed by atoms with Gasteiger partial charge in [-0.15, -0.1) is 0 Å². The number of pyridine rings is 1. The van der Waals surface area contributed by atoms with E-state index < -0.39 is 0 Å². The molecule has 1 saturated heterocycles. The first kappa shape index (κ1) is 20.0. The predicted molar refractivity (Wildman–Crippen MR) is 116 cm³/mol. The average molecular weight is 405 g/mol. The molecule has 4 rings (SSSR count). The predicted octanol–water partition coefficient (Wildman–Crippen LogP) is 4.06. The van der Waals surface area contributed by atoms with Crippen LogP contribution in [0.1, 0.15) is 28.4 Å². The van der Waals surface area contributed by atoms with Crippen LogP contribution in [-0.4, -0.2) is 37.6 Å². The van der Waals surface area contributed by atoms with Crippen LogP contribution in [0.5, 0.6) is 5.75 Å². The van der Waals surface area contributed by atoms with Gasteiger partial charge in [0.15, 0.2) is 5.78 Å². The molecule has 2 heterocycles. The molecule has 30 heavy (non-hydrogen) atoms. The van der Waals surface area contributed by atoms with Crippen LogP contribution in [0.2, 0.25) is 0 Å². The molecule has 0 saturated carbocycles. The summed E-state index contributed by atoms with van der Waals surface area (Å²) in [6.45, 7) is 4.18. The standard InChI is InChI=1S/C24H24FN3O2/c1-16(29)18-4-3-5-19(13-18)23-21(30-2)8-7-20(24(23)25)12-17-6-9-22(27-14-17)28-11-10-26-15-28/h3-9,13-14,26H,10-12,15H2,1-2H3. The molecule has 0 aliphatic carbocycles. The Labute approximate surface area is 175 Å². The summed E-state index contributed by atoms with van der Waals surface area (Å²) in [5.74, 6) is 0.947. The van der Waals surface area contributed by atoms with E-state index >= 15 is 4.39 Å². The van der Waals surface area contributed by atoms with Crippen LogP contribution in [0.4, 0.5) is 10.2 Å². The topological polar surface area (TPSA) is 54.5 Å². The van der Waals surface area contributed by atoms with Crippen LogP contribution in [0.3, 0.4) is 0 Å². The molecule has 0 spiro atoms. The van der Waals surface area contributed by atoms with Crippen molar-refractivity contribution in [3.63, 3.8) is 0 Å². The summed E-state index contributed by atoms with van der Waals surface area (Å²) in [5.41, 5.74) is 3.00. The lowest BCUT2D eigenvalue weighted by Crippen LogP contribution is -2.21. The lowest BCUT2D eigenvalue weighted by molar-refractivity contribution is 0.101. The maximum absolute atomic E-state index is 15.5. The highest BCUT2D eigenvalue weighted by Gasteiger charge is 2.18. The lowest BCUT2D eigenvalue weighted by Gasteiger charge is -2.16. The third-order valence-electron chi connectivity index (χ3n) is 5.35. The van der Waals surface area contributed by atoms with Crippen LogP contribution in [0.15, 0.2) is 54.7 Å². The van der Waals surface area contributed by atoms with Gasteiger partial charge in [0.1, 0.15) is 17.4 Å². The second-order valence-electron chi connectivity index (χ2n) is 7.38. The van der Waals surface area contributed by atoms with Gasteiger partial charge in [-0.1, -0.05) is 30.3 Å². The van der Waals surface area contributed by atoms with Gasteiger partial charge < -0.3 is 9.64 Å². The Morgan fingerprint density at radius 1 is 1.23 bits per heavy atom. The first-order valence-corrected chi connectivity index (χ1v) is 9.94. The summed E-state index contributed by atoms with van der Waals surface area (Å²) < 4.78 is 21.0. The molecule has 2 aromatic carbocycles. The number of nitrogens with one attached hydrogen (secondary N) is 1. The number of Topliss-reactive ketones (excluding diaryl/α,β-unsaturated/α-hetero) is 1. The van der Waals surface area contributed by atoms with Crippen molar-refractivity contribution in [2.75, 3.05) is 31.8 Å². The van der Waals surface area contributed by atoms with E-state index in [1.807, 2.05) is 12.1 Å². The number of hydrogen-bond donors (Lipinski definition) is 1. The zero-order valence-electron chi connectivity index (χ0n) is 17.1. The van der Waals surface area contributed by atoms with E-state index in [2.05, 4.69) is 15.2 Å². The van der Waals surface area contributed by atoms with Gasteiger partial charge in [-0.2, -0.15) is 0 Å². The first-order valence-electron chi connectivity index (χ1n) is 9.94. The Hall–Kier alpha value is -3.25. The molecule has 154 valence electrons. The van der Waals surface area contributed by atoms with Crippen molar-refractivity contribution in [3.05, 3.63) is 77.2 Å². The van der Waals surface area contributed by atoms with Crippen molar-refractivity contribution < 1.29 is 13.9 Å². The SMILES string of the molecule is COc1ccc(Cc2ccc(N3CCNC3)nc2)c(F)c1-c1cccc(C(C)=O)c1. The molecule has 5 nitrogen and oxygen atoms in total. The molecule has 3 aromatic rings. The van der Waals surface area contributed by atoms with Crippen molar-refractivity contribution >= 4 is 11.6 Å². The first-order chi connectivity index (χ1) is 14.6. The number of ether oxygens (including phenoxy) is 1. The van der Waals surface area contributed by atoms with E-state index in [0.29, 0.717) is 34.4 Å². The maximum Gasteiger partial charge on any atom is 0.159 e. The number of ketones is 1. The van der Waals surface area contributed by atoms with Gasteiger partial charge in [0.2, 0.25) is 0 Å². The third kappa shape index (κ3) is 4.04. The Kier molecular flexibility index (Phi) is 5.77. The quantitative estimate of drug-likeness (QED) is 0.627. The minimum atomic E-state index is -0.345. The number of carbonyl (C=O) groups is 1. The fraction of sp³-hybridized carbons (Fsp3) is 0.250. The molecule has 0 unspecified atom stereocenters. The number of halogens is 1. The van der Waals surface area contributed by atoms with E-state index in [-0.39, 0.29) is 11.6 Å².